The molecule has 4 heterocycles. The molecule has 33 heavy (non-hydrogen) atoms. The van der Waals surface area contributed by atoms with Gasteiger partial charge in [0, 0.05) is 48.5 Å². The van der Waals surface area contributed by atoms with Crippen molar-refractivity contribution in [3.63, 3.8) is 0 Å². The van der Waals surface area contributed by atoms with Gasteiger partial charge in [0.25, 0.3) is 16.1 Å². The van der Waals surface area contributed by atoms with Crippen molar-refractivity contribution in [2.75, 3.05) is 32.5 Å². The molecule has 0 saturated carbocycles. The first kappa shape index (κ1) is 22.8. The van der Waals surface area contributed by atoms with Crippen molar-refractivity contribution in [3.8, 4) is 0 Å². The van der Waals surface area contributed by atoms with Crippen LogP contribution in [0, 0.1) is 0 Å². The summed E-state index contributed by atoms with van der Waals surface area (Å²) in [4.78, 5) is 26.6. The molecule has 1 aromatic carbocycles. The van der Waals surface area contributed by atoms with Crippen LogP contribution in [0.2, 0.25) is 0 Å². The van der Waals surface area contributed by atoms with E-state index in [0.29, 0.717) is 44.0 Å². The van der Waals surface area contributed by atoms with Gasteiger partial charge in [0.2, 0.25) is 5.91 Å². The number of piperidine rings is 2. The zero-order valence-electron chi connectivity index (χ0n) is 19.3. The fraction of sp³-hybridized carbons (Fsp3) is 0.652. The summed E-state index contributed by atoms with van der Waals surface area (Å²) in [5.74, 6) is -0.220. The third kappa shape index (κ3) is 4.29. The maximum Gasteiger partial charge on any atom is 0.282 e. The van der Waals surface area contributed by atoms with E-state index in [4.69, 9.17) is 0 Å². The van der Waals surface area contributed by atoms with E-state index in [1.54, 1.807) is 26.8 Å². The monoisotopic (exact) mass is 475 g/mol. The van der Waals surface area contributed by atoms with Gasteiger partial charge in [-0.1, -0.05) is 0 Å². The molecule has 2 N–H and O–H groups in total. The summed E-state index contributed by atoms with van der Waals surface area (Å²) in [5, 5.41) is 5.90. The quantitative estimate of drug-likeness (QED) is 0.666. The lowest BCUT2D eigenvalue weighted by Gasteiger charge is -2.42. The van der Waals surface area contributed by atoms with Crippen LogP contribution in [0.5, 0.6) is 0 Å². The molecule has 0 aromatic heterocycles. The fourth-order valence-corrected chi connectivity index (χ4v) is 8.07. The molecule has 0 unspecified atom stereocenters. The Morgan fingerprint density at radius 1 is 1.09 bits per heavy atom. The first-order valence-corrected chi connectivity index (χ1v) is 13.3. The highest BCUT2D eigenvalue weighted by molar-refractivity contribution is 7.86. The molecule has 10 heteroatoms. The molecular weight excluding hydrogens is 442 g/mol. The van der Waals surface area contributed by atoms with Crippen LogP contribution in [-0.2, 0) is 21.4 Å². The number of hydrogen-bond donors (Lipinski definition) is 2. The molecule has 1 aromatic rings. The number of carbonyl (C=O) groups is 2. The zero-order valence-corrected chi connectivity index (χ0v) is 20.1. The van der Waals surface area contributed by atoms with Crippen molar-refractivity contribution >= 4 is 27.7 Å². The number of amides is 2. The first-order valence-electron chi connectivity index (χ1n) is 11.9. The lowest BCUT2D eigenvalue weighted by Crippen LogP contribution is -2.57. The van der Waals surface area contributed by atoms with Crippen LogP contribution in [0.4, 0.5) is 5.69 Å². The molecule has 5 rings (SSSR count). The summed E-state index contributed by atoms with van der Waals surface area (Å²) in [6.45, 7) is 1.13. The molecule has 2 amide bonds. The molecule has 3 saturated heterocycles. The predicted molar refractivity (Wildman–Crippen MR) is 125 cm³/mol. The molecular formula is C23H33N5O4S. The van der Waals surface area contributed by atoms with Gasteiger partial charge in [-0.25, -0.2) is 0 Å². The topological polar surface area (TPSA) is 102 Å². The minimum atomic E-state index is -3.49. The van der Waals surface area contributed by atoms with E-state index < -0.39 is 10.2 Å². The van der Waals surface area contributed by atoms with Crippen LogP contribution in [0.25, 0.3) is 0 Å². The summed E-state index contributed by atoms with van der Waals surface area (Å²) in [6, 6.07) is 5.53. The lowest BCUT2D eigenvalue weighted by atomic mass is 9.99. The Morgan fingerprint density at radius 3 is 2.39 bits per heavy atom. The third-order valence-corrected chi connectivity index (χ3v) is 9.89. The van der Waals surface area contributed by atoms with Gasteiger partial charge in [0.05, 0.1) is 6.42 Å². The van der Waals surface area contributed by atoms with Crippen molar-refractivity contribution < 1.29 is 18.0 Å². The Kier molecular flexibility index (Phi) is 5.97. The second-order valence-corrected chi connectivity index (χ2v) is 11.9. The smallest absolute Gasteiger partial charge is 0.282 e. The van der Waals surface area contributed by atoms with Gasteiger partial charge in [-0.3, -0.25) is 9.59 Å². The second-order valence-electron chi connectivity index (χ2n) is 10.1. The Bertz CT molecular complexity index is 1040. The normalized spacial score (nSPS) is 28.7. The Hall–Kier alpha value is -2.01. The largest absolute Gasteiger partial charge is 0.349 e. The van der Waals surface area contributed by atoms with Gasteiger partial charge in [0.1, 0.15) is 0 Å². The number of anilines is 1. The Balaban J connectivity index is 1.22. The number of fused-ring (bicyclic) bond motifs is 3. The molecule has 3 fully saturated rings. The summed E-state index contributed by atoms with van der Waals surface area (Å²) < 4.78 is 30.4. The minimum absolute atomic E-state index is 0.0473. The number of carbonyl (C=O) groups excluding carboxylic acids is 2. The summed E-state index contributed by atoms with van der Waals surface area (Å²) in [6.07, 6.45) is 4.98. The Morgan fingerprint density at radius 2 is 1.76 bits per heavy atom. The van der Waals surface area contributed by atoms with Gasteiger partial charge < -0.3 is 15.5 Å². The molecule has 4 aliphatic heterocycles. The highest BCUT2D eigenvalue weighted by Crippen LogP contribution is 2.39. The molecule has 0 spiro atoms. The summed E-state index contributed by atoms with van der Waals surface area (Å²) >= 11 is 0. The molecule has 9 nitrogen and oxygen atoms in total. The lowest BCUT2D eigenvalue weighted by molar-refractivity contribution is -0.115. The maximum absolute atomic E-state index is 13.5. The van der Waals surface area contributed by atoms with E-state index in [9.17, 15) is 18.0 Å². The SMILES string of the molecule is CN(C)C1CCN(S(=O)(=O)N2[C@@H]3CC[C@H]2C[C@H](NC(=O)c2ccc4c(c2)CC(=O)N4)C3)CC1. The van der Waals surface area contributed by atoms with Crippen molar-refractivity contribution in [2.24, 2.45) is 0 Å². The first-order chi connectivity index (χ1) is 15.7. The van der Waals surface area contributed by atoms with E-state index in [1.165, 1.54) is 0 Å². The summed E-state index contributed by atoms with van der Waals surface area (Å²) in [5.41, 5.74) is 2.14. The van der Waals surface area contributed by atoms with E-state index in [-0.39, 0.29) is 29.9 Å². The average molecular weight is 476 g/mol. The van der Waals surface area contributed by atoms with E-state index in [1.807, 2.05) is 14.1 Å². The van der Waals surface area contributed by atoms with Crippen LogP contribution in [0.3, 0.4) is 0 Å². The number of rotatable bonds is 5. The third-order valence-electron chi connectivity index (χ3n) is 7.74. The highest BCUT2D eigenvalue weighted by atomic mass is 32.2. The van der Waals surface area contributed by atoms with Crippen molar-refractivity contribution in [1.29, 1.82) is 0 Å². The van der Waals surface area contributed by atoms with Crippen LogP contribution in [0.15, 0.2) is 18.2 Å². The van der Waals surface area contributed by atoms with Crippen LogP contribution in [0.1, 0.15) is 54.4 Å². The maximum atomic E-state index is 13.5. The van der Waals surface area contributed by atoms with Crippen LogP contribution >= 0.6 is 0 Å². The number of nitrogens with one attached hydrogen (secondary N) is 2. The second kappa shape index (κ2) is 8.65. The van der Waals surface area contributed by atoms with Gasteiger partial charge in [-0.15, -0.1) is 0 Å². The zero-order chi connectivity index (χ0) is 23.3. The molecule has 180 valence electrons. The predicted octanol–water partition coefficient (Wildman–Crippen LogP) is 1.18. The molecule has 0 radical (unpaired) electrons. The van der Waals surface area contributed by atoms with Crippen molar-refractivity contribution in [2.45, 2.75) is 69.1 Å². The minimum Gasteiger partial charge on any atom is -0.349 e. The highest BCUT2D eigenvalue weighted by Gasteiger charge is 2.49. The van der Waals surface area contributed by atoms with Crippen molar-refractivity contribution in [1.82, 2.24) is 18.8 Å². The number of benzene rings is 1. The molecule has 3 atom stereocenters. The summed E-state index contributed by atoms with van der Waals surface area (Å²) in [7, 11) is 0.608. The Labute approximate surface area is 195 Å². The number of hydrogen-bond acceptors (Lipinski definition) is 5. The van der Waals surface area contributed by atoms with Gasteiger partial charge >= 0.3 is 0 Å². The van der Waals surface area contributed by atoms with E-state index in [0.717, 1.165) is 36.9 Å². The standard InChI is InChI=1S/C23H33N5O4S/c1-26(2)18-7-9-27(10-8-18)33(31,32)28-19-4-5-20(28)14-17(13-19)24-23(30)15-3-6-21-16(11-15)12-22(29)25-21/h3,6,11,17-20H,4-5,7-10,12-14H2,1-2H3,(H,24,30)(H,25,29)/t17-,19-,20+. The average Bonchev–Trinajstić information content (AvgIpc) is 3.29. The number of nitrogens with zero attached hydrogens (tertiary/aromatic N) is 3. The molecule has 0 aliphatic carbocycles. The van der Waals surface area contributed by atoms with E-state index >= 15 is 0 Å². The van der Waals surface area contributed by atoms with Gasteiger partial charge in [-0.2, -0.15) is 17.0 Å². The van der Waals surface area contributed by atoms with Gasteiger partial charge in [-0.05, 0) is 76.4 Å². The molecule has 4 aliphatic rings. The van der Waals surface area contributed by atoms with Crippen LogP contribution in [-0.4, -0.2) is 85.1 Å². The van der Waals surface area contributed by atoms with Crippen molar-refractivity contribution in [3.05, 3.63) is 29.3 Å². The van der Waals surface area contributed by atoms with Gasteiger partial charge in [0.15, 0.2) is 0 Å². The van der Waals surface area contributed by atoms with Crippen LogP contribution < -0.4 is 10.6 Å². The fourth-order valence-electron chi connectivity index (χ4n) is 5.99. The van der Waals surface area contributed by atoms with E-state index in [2.05, 4.69) is 15.5 Å². The molecule has 2 bridgehead atoms.